The summed E-state index contributed by atoms with van der Waals surface area (Å²) in [5.41, 5.74) is 0. The number of rotatable bonds is 38. The summed E-state index contributed by atoms with van der Waals surface area (Å²) in [7, 11) is 0. The highest BCUT2D eigenvalue weighted by molar-refractivity contribution is 5.69. The quantitative estimate of drug-likeness (QED) is 0.0273. The van der Waals surface area contributed by atoms with Gasteiger partial charge in [0.2, 0.25) is 0 Å². The lowest BCUT2D eigenvalue weighted by Gasteiger charge is -2.39. The average Bonchev–Trinajstić information content (AvgIpc) is 3.21. The lowest BCUT2D eigenvalue weighted by Crippen LogP contribution is -2.59. The van der Waals surface area contributed by atoms with Crippen molar-refractivity contribution in [3.8, 4) is 0 Å². The Hall–Kier alpha value is -2.11. The van der Waals surface area contributed by atoms with Crippen LogP contribution in [0.2, 0.25) is 0 Å². The van der Waals surface area contributed by atoms with Crippen LogP contribution in [0.4, 0.5) is 0 Å². The SMILES string of the molecule is CC/C=C\C/C=C\C/C=C\C/C=C\CCCCCCCCCOCC(COC1OC(CO)C(O)C(O)C1O)OC(=O)CCCCCCC/C=C\CCCCCCC. The lowest BCUT2D eigenvalue weighted by atomic mass is 9.99. The van der Waals surface area contributed by atoms with E-state index in [1.54, 1.807) is 0 Å². The summed E-state index contributed by atoms with van der Waals surface area (Å²) >= 11 is 0. The molecule has 57 heavy (non-hydrogen) atoms. The maximum atomic E-state index is 12.8. The van der Waals surface area contributed by atoms with Gasteiger partial charge in [-0.05, 0) is 77.0 Å². The molecule has 1 heterocycles. The molecule has 1 aliphatic heterocycles. The van der Waals surface area contributed by atoms with E-state index in [-0.39, 0.29) is 19.2 Å². The lowest BCUT2D eigenvalue weighted by molar-refractivity contribution is -0.305. The van der Waals surface area contributed by atoms with Crippen molar-refractivity contribution in [3.63, 3.8) is 0 Å². The number of aliphatic hydroxyl groups is 4. The number of carbonyl (C=O) groups is 1. The largest absolute Gasteiger partial charge is 0.457 e. The fourth-order valence-electron chi connectivity index (χ4n) is 6.59. The summed E-state index contributed by atoms with van der Waals surface area (Å²) in [6.45, 7) is 4.39. The molecule has 0 aliphatic carbocycles. The molecule has 1 aliphatic rings. The van der Waals surface area contributed by atoms with Gasteiger partial charge in [0.1, 0.15) is 30.5 Å². The zero-order valence-corrected chi connectivity index (χ0v) is 36.1. The van der Waals surface area contributed by atoms with Gasteiger partial charge in [-0.2, -0.15) is 0 Å². The second kappa shape index (κ2) is 39.4. The third kappa shape index (κ3) is 30.6. The van der Waals surface area contributed by atoms with Gasteiger partial charge < -0.3 is 39.4 Å². The van der Waals surface area contributed by atoms with Gasteiger partial charge in [0, 0.05) is 13.0 Å². The fraction of sp³-hybridized carbons (Fsp3) is 0.771. The van der Waals surface area contributed by atoms with E-state index >= 15 is 0 Å². The second-order valence-electron chi connectivity index (χ2n) is 15.5. The van der Waals surface area contributed by atoms with Crippen molar-refractivity contribution in [2.75, 3.05) is 26.4 Å². The zero-order chi connectivity index (χ0) is 41.4. The highest BCUT2D eigenvalue weighted by Crippen LogP contribution is 2.22. The molecular weight excluding hydrogens is 721 g/mol. The number of ether oxygens (including phenoxy) is 4. The molecule has 6 atom stereocenters. The molecule has 6 unspecified atom stereocenters. The summed E-state index contributed by atoms with van der Waals surface area (Å²) in [4.78, 5) is 12.8. The molecule has 0 aromatic carbocycles. The molecule has 0 spiro atoms. The summed E-state index contributed by atoms with van der Waals surface area (Å²) in [6.07, 6.45) is 42.4. The van der Waals surface area contributed by atoms with Gasteiger partial charge in [-0.15, -0.1) is 0 Å². The van der Waals surface area contributed by atoms with Crippen LogP contribution in [0.5, 0.6) is 0 Å². The normalized spacial score (nSPS) is 21.0. The molecule has 9 nitrogen and oxygen atoms in total. The number of allylic oxidation sites excluding steroid dienone is 10. The van der Waals surface area contributed by atoms with E-state index in [0.717, 1.165) is 83.5 Å². The molecule has 1 rings (SSSR count). The van der Waals surface area contributed by atoms with E-state index in [0.29, 0.717) is 13.0 Å². The molecule has 0 aromatic rings. The number of hydrogen-bond acceptors (Lipinski definition) is 9. The van der Waals surface area contributed by atoms with Crippen LogP contribution in [-0.4, -0.2) is 89.6 Å². The fourth-order valence-corrected chi connectivity index (χ4v) is 6.59. The predicted octanol–water partition coefficient (Wildman–Crippen LogP) is 10.3. The van der Waals surface area contributed by atoms with Gasteiger partial charge in [-0.25, -0.2) is 0 Å². The third-order valence-electron chi connectivity index (χ3n) is 10.2. The van der Waals surface area contributed by atoms with Crippen LogP contribution in [0, 0.1) is 0 Å². The number of aliphatic hydroxyl groups excluding tert-OH is 4. The van der Waals surface area contributed by atoms with Crippen molar-refractivity contribution in [1.82, 2.24) is 0 Å². The third-order valence-corrected chi connectivity index (χ3v) is 10.2. The predicted molar refractivity (Wildman–Crippen MR) is 233 cm³/mol. The van der Waals surface area contributed by atoms with Gasteiger partial charge in [-0.1, -0.05) is 152 Å². The second-order valence-corrected chi connectivity index (χ2v) is 15.5. The first-order valence-electron chi connectivity index (χ1n) is 22.9. The van der Waals surface area contributed by atoms with Crippen LogP contribution in [0.3, 0.4) is 0 Å². The van der Waals surface area contributed by atoms with Crippen LogP contribution < -0.4 is 0 Å². The van der Waals surface area contributed by atoms with Crippen LogP contribution >= 0.6 is 0 Å². The molecular formula is C48H84O9. The van der Waals surface area contributed by atoms with Crippen molar-refractivity contribution < 1.29 is 44.2 Å². The smallest absolute Gasteiger partial charge is 0.306 e. The van der Waals surface area contributed by atoms with E-state index in [4.69, 9.17) is 18.9 Å². The van der Waals surface area contributed by atoms with E-state index in [2.05, 4.69) is 74.6 Å². The Balaban J connectivity index is 2.27. The number of esters is 1. The zero-order valence-electron chi connectivity index (χ0n) is 36.1. The topological polar surface area (TPSA) is 135 Å². The van der Waals surface area contributed by atoms with Gasteiger partial charge in [0.05, 0.1) is 19.8 Å². The Morgan fingerprint density at radius 1 is 0.579 bits per heavy atom. The monoisotopic (exact) mass is 805 g/mol. The van der Waals surface area contributed by atoms with Crippen LogP contribution in [0.1, 0.15) is 174 Å². The Bertz CT molecular complexity index is 1050. The van der Waals surface area contributed by atoms with Crippen molar-refractivity contribution in [2.45, 2.75) is 211 Å². The molecule has 0 bridgehead atoms. The van der Waals surface area contributed by atoms with E-state index in [1.165, 1.54) is 70.6 Å². The maximum Gasteiger partial charge on any atom is 0.306 e. The number of unbranched alkanes of at least 4 members (excludes halogenated alkanes) is 17. The summed E-state index contributed by atoms with van der Waals surface area (Å²) in [5.74, 6) is -0.329. The maximum absolute atomic E-state index is 12.8. The van der Waals surface area contributed by atoms with Gasteiger partial charge >= 0.3 is 5.97 Å². The minimum absolute atomic E-state index is 0.123. The average molecular weight is 805 g/mol. The number of carbonyl (C=O) groups excluding carboxylic acids is 1. The van der Waals surface area contributed by atoms with Crippen LogP contribution in [-0.2, 0) is 23.7 Å². The minimum atomic E-state index is -1.54. The summed E-state index contributed by atoms with van der Waals surface area (Å²) < 4.78 is 22.8. The molecule has 9 heteroatoms. The van der Waals surface area contributed by atoms with Gasteiger partial charge in [0.15, 0.2) is 6.29 Å². The number of hydrogen-bond donors (Lipinski definition) is 4. The summed E-state index contributed by atoms with van der Waals surface area (Å²) in [5, 5.41) is 40.1. The molecule has 0 saturated carbocycles. The minimum Gasteiger partial charge on any atom is -0.457 e. The van der Waals surface area contributed by atoms with Crippen LogP contribution in [0.25, 0.3) is 0 Å². The van der Waals surface area contributed by atoms with Crippen molar-refractivity contribution in [2.24, 2.45) is 0 Å². The molecule has 1 saturated heterocycles. The molecule has 0 aromatic heterocycles. The molecule has 4 N–H and O–H groups in total. The Labute approximate surface area is 347 Å². The van der Waals surface area contributed by atoms with Crippen LogP contribution in [0.15, 0.2) is 60.8 Å². The molecule has 0 amide bonds. The summed E-state index contributed by atoms with van der Waals surface area (Å²) in [6, 6.07) is 0. The van der Waals surface area contributed by atoms with E-state index < -0.39 is 43.4 Å². The standard InChI is InChI=1S/C48H84O9/c1-3-5-7-9-11-13-15-17-19-20-21-22-23-24-26-28-30-32-34-36-38-54-40-42(41-55-48-47(53)46(52)45(51)43(39-49)57-48)56-44(50)37-35-33-31-29-27-25-18-16-14-12-10-8-6-4-2/h5,7,11,13,16-19,21-22,42-43,45-49,51-53H,3-4,6,8-10,12,14-15,20,23-41H2,1-2H3/b7-5-,13-11-,18-16-,19-17-,22-21-. The molecule has 330 valence electrons. The van der Waals surface area contributed by atoms with Crippen molar-refractivity contribution in [1.29, 1.82) is 0 Å². The highest BCUT2D eigenvalue weighted by Gasteiger charge is 2.44. The first-order chi connectivity index (χ1) is 27.9. The van der Waals surface area contributed by atoms with E-state index in [1.807, 2.05) is 0 Å². The Morgan fingerprint density at radius 3 is 1.63 bits per heavy atom. The first-order valence-corrected chi connectivity index (χ1v) is 22.9. The first kappa shape index (κ1) is 52.9. The molecule has 0 radical (unpaired) electrons. The van der Waals surface area contributed by atoms with Crippen molar-refractivity contribution >= 4 is 5.97 Å². The Kier molecular flexibility index (Phi) is 36.5. The highest BCUT2D eigenvalue weighted by atomic mass is 16.7. The van der Waals surface area contributed by atoms with Crippen molar-refractivity contribution in [3.05, 3.63) is 60.8 Å². The van der Waals surface area contributed by atoms with Gasteiger partial charge in [0.25, 0.3) is 0 Å². The Morgan fingerprint density at radius 2 is 1.07 bits per heavy atom. The van der Waals surface area contributed by atoms with Gasteiger partial charge in [-0.3, -0.25) is 4.79 Å². The molecule has 1 fully saturated rings. The van der Waals surface area contributed by atoms with E-state index in [9.17, 15) is 25.2 Å².